The highest BCUT2D eigenvalue weighted by molar-refractivity contribution is 6.18. The Morgan fingerprint density at radius 2 is 1.27 bits per heavy atom. The van der Waals surface area contributed by atoms with Crippen LogP contribution in [0.15, 0.2) is 12.2 Å². The summed E-state index contributed by atoms with van der Waals surface area (Å²) < 4.78 is 0. The Bertz CT molecular complexity index is 480. The largest absolute Gasteiger partial charge is 0.478 e. The normalized spacial score (nSPS) is 11.8. The van der Waals surface area contributed by atoms with Gasteiger partial charge < -0.3 is 5.11 Å². The van der Waals surface area contributed by atoms with Crippen molar-refractivity contribution in [2.75, 3.05) is 11.8 Å². The fourth-order valence-electron chi connectivity index (χ4n) is 1.16. The summed E-state index contributed by atoms with van der Waals surface area (Å²) >= 11 is 11.0. The van der Waals surface area contributed by atoms with Gasteiger partial charge in [0.1, 0.15) is 0 Å². The standard InChI is InChI=1S/C7H15Cl.C7H12O2.C6H11N.C5H11Cl/c1-7(2,3)5-4-6-8;1-7(2,3)5-4-6(8)9;1-6(2,3)4-5-7;1-5(2,3)4-6/h4-6H2,1-3H3;4-5H,1-3H3,(H,8,9);4H2,1-3H3;4H2,1-3H3/b;5-4+;;. The quantitative estimate of drug-likeness (QED) is 0.333. The monoisotopic (exact) mass is 465 g/mol. The van der Waals surface area contributed by atoms with Crippen LogP contribution < -0.4 is 0 Å². The fraction of sp³-hybridized carbons (Fsp3) is 0.840. The first kappa shape index (κ1) is 36.6. The van der Waals surface area contributed by atoms with Gasteiger partial charge >= 0.3 is 5.97 Å². The number of allylic oxidation sites excluding steroid dienone is 1. The van der Waals surface area contributed by atoms with E-state index in [9.17, 15) is 4.79 Å². The number of nitriles is 1. The minimum atomic E-state index is -0.884. The van der Waals surface area contributed by atoms with Crippen LogP contribution >= 0.6 is 23.2 Å². The lowest BCUT2D eigenvalue weighted by Crippen LogP contribution is -2.05. The van der Waals surface area contributed by atoms with E-state index in [1.165, 1.54) is 12.5 Å². The molecule has 0 fully saturated rings. The lowest BCUT2D eigenvalue weighted by Gasteiger charge is -2.16. The molecule has 0 spiro atoms. The average Bonchev–Trinajstić information content (AvgIpc) is 2.50. The van der Waals surface area contributed by atoms with Crippen LogP contribution in [0.1, 0.15) is 102 Å². The van der Waals surface area contributed by atoms with Crippen LogP contribution in [0.25, 0.3) is 0 Å². The summed E-state index contributed by atoms with van der Waals surface area (Å²) in [7, 11) is 0. The molecule has 0 bridgehead atoms. The molecular formula is C25H49Cl2NO2. The number of aliphatic carboxylic acids is 1. The molecule has 0 aliphatic rings. The lowest BCUT2D eigenvalue weighted by molar-refractivity contribution is -0.131. The predicted octanol–water partition coefficient (Wildman–Crippen LogP) is 8.94. The van der Waals surface area contributed by atoms with E-state index in [0.717, 1.165) is 18.2 Å². The van der Waals surface area contributed by atoms with Gasteiger partial charge in [0.15, 0.2) is 0 Å². The lowest BCUT2D eigenvalue weighted by atomic mass is 9.91. The molecule has 0 aromatic rings. The number of nitrogens with zero attached hydrogens (tertiary/aromatic N) is 1. The number of halogens is 2. The third-order valence-electron chi connectivity index (χ3n) is 2.80. The van der Waals surface area contributed by atoms with Gasteiger partial charge in [-0.15, -0.1) is 23.2 Å². The molecule has 0 saturated heterocycles. The predicted molar refractivity (Wildman–Crippen MR) is 135 cm³/mol. The van der Waals surface area contributed by atoms with E-state index >= 15 is 0 Å². The van der Waals surface area contributed by atoms with Crippen LogP contribution in [0.5, 0.6) is 0 Å². The number of carboxylic acids is 1. The third kappa shape index (κ3) is 63.1. The van der Waals surface area contributed by atoms with Crippen molar-refractivity contribution in [1.82, 2.24) is 0 Å². The van der Waals surface area contributed by atoms with Crippen LogP contribution in [0.3, 0.4) is 0 Å². The van der Waals surface area contributed by atoms with Gasteiger partial charge in [0.2, 0.25) is 0 Å². The van der Waals surface area contributed by atoms with Crippen LogP contribution in [0, 0.1) is 33.0 Å². The summed E-state index contributed by atoms with van der Waals surface area (Å²) in [5.74, 6) is 0.662. The zero-order chi connectivity index (χ0) is 25.2. The second-order valence-corrected chi connectivity index (χ2v) is 12.6. The number of carboxylic acid groups (broad SMARTS) is 1. The maximum Gasteiger partial charge on any atom is 0.327 e. The van der Waals surface area contributed by atoms with Gasteiger partial charge in [-0.2, -0.15) is 5.26 Å². The second kappa shape index (κ2) is 17.9. The van der Waals surface area contributed by atoms with Crippen molar-refractivity contribution in [1.29, 1.82) is 5.26 Å². The minimum absolute atomic E-state index is 0.0294. The summed E-state index contributed by atoms with van der Waals surface area (Å²) in [5, 5.41) is 16.3. The molecule has 3 nitrogen and oxygen atoms in total. The molecule has 0 aromatic heterocycles. The van der Waals surface area contributed by atoms with Crippen LogP contribution in [0.4, 0.5) is 0 Å². The second-order valence-electron chi connectivity index (χ2n) is 12.0. The van der Waals surface area contributed by atoms with E-state index in [0.29, 0.717) is 17.3 Å². The number of carbonyl (C=O) groups is 1. The van der Waals surface area contributed by atoms with Crippen LogP contribution in [0.2, 0.25) is 0 Å². The molecule has 0 unspecified atom stereocenters. The van der Waals surface area contributed by atoms with E-state index in [4.69, 9.17) is 33.6 Å². The summed E-state index contributed by atoms with van der Waals surface area (Å²) in [6, 6.07) is 2.11. The van der Waals surface area contributed by atoms with Crippen LogP contribution in [-0.4, -0.2) is 22.8 Å². The number of alkyl halides is 2. The van der Waals surface area contributed by atoms with Gasteiger partial charge in [0.05, 0.1) is 6.07 Å². The van der Waals surface area contributed by atoms with Gasteiger partial charge in [0, 0.05) is 24.3 Å². The Hall–Kier alpha value is -0.720. The van der Waals surface area contributed by atoms with Crippen molar-refractivity contribution >= 4 is 29.2 Å². The molecule has 30 heavy (non-hydrogen) atoms. The first-order valence-electron chi connectivity index (χ1n) is 10.5. The number of hydrogen-bond acceptors (Lipinski definition) is 2. The van der Waals surface area contributed by atoms with Crippen molar-refractivity contribution in [2.45, 2.75) is 102 Å². The highest BCUT2D eigenvalue weighted by Crippen LogP contribution is 2.20. The minimum Gasteiger partial charge on any atom is -0.478 e. The van der Waals surface area contributed by atoms with Crippen LogP contribution in [-0.2, 0) is 4.79 Å². The van der Waals surface area contributed by atoms with Gasteiger partial charge in [-0.25, -0.2) is 4.79 Å². The van der Waals surface area contributed by atoms with E-state index in [-0.39, 0.29) is 10.8 Å². The molecule has 5 heteroatoms. The maximum atomic E-state index is 9.96. The zero-order valence-corrected chi connectivity index (χ0v) is 23.3. The summed E-state index contributed by atoms with van der Waals surface area (Å²) in [4.78, 5) is 9.96. The zero-order valence-electron chi connectivity index (χ0n) is 21.7. The van der Waals surface area contributed by atoms with Crippen molar-refractivity contribution < 1.29 is 9.90 Å². The fourth-order valence-corrected chi connectivity index (χ4v) is 1.29. The molecule has 0 saturated carbocycles. The molecule has 180 valence electrons. The molecular weight excluding hydrogens is 417 g/mol. The Morgan fingerprint density at radius 1 is 0.867 bits per heavy atom. The number of rotatable bonds is 3. The van der Waals surface area contributed by atoms with Crippen molar-refractivity contribution in [2.24, 2.45) is 21.7 Å². The van der Waals surface area contributed by atoms with E-state index < -0.39 is 5.97 Å². The Balaban J connectivity index is -0.000000152. The maximum absolute atomic E-state index is 9.96. The molecule has 0 radical (unpaired) electrons. The van der Waals surface area contributed by atoms with Gasteiger partial charge in [0.25, 0.3) is 0 Å². The molecule has 0 amide bonds. The molecule has 0 aliphatic heterocycles. The molecule has 0 heterocycles. The van der Waals surface area contributed by atoms with Gasteiger partial charge in [-0.3, -0.25) is 0 Å². The highest BCUT2D eigenvalue weighted by atomic mass is 35.5. The summed E-state index contributed by atoms with van der Waals surface area (Å²) in [5.41, 5.74) is 0.934. The Morgan fingerprint density at radius 3 is 1.33 bits per heavy atom. The molecule has 0 atom stereocenters. The average molecular weight is 467 g/mol. The molecule has 1 N–H and O–H groups in total. The molecule has 0 aliphatic carbocycles. The number of hydrogen-bond donors (Lipinski definition) is 1. The Kier molecular flexibility index (Phi) is 21.9. The van der Waals surface area contributed by atoms with E-state index in [2.05, 4.69) is 68.4 Å². The van der Waals surface area contributed by atoms with Gasteiger partial charge in [-0.1, -0.05) is 89.2 Å². The van der Waals surface area contributed by atoms with Gasteiger partial charge in [-0.05, 0) is 34.5 Å². The SMILES string of the molecule is CC(C)(C)/C=C/C(=O)O.CC(C)(C)CC#N.CC(C)(C)CCCCl.CC(C)(C)CCl. The van der Waals surface area contributed by atoms with Crippen molar-refractivity contribution in [3.63, 3.8) is 0 Å². The molecule has 0 aromatic carbocycles. The summed E-state index contributed by atoms with van der Waals surface area (Å²) in [6.07, 6.45) is 5.85. The Labute approximate surface area is 198 Å². The first-order chi connectivity index (χ1) is 13.1. The van der Waals surface area contributed by atoms with Crippen molar-refractivity contribution in [3.8, 4) is 6.07 Å². The van der Waals surface area contributed by atoms with E-state index in [1.807, 2.05) is 20.8 Å². The molecule has 0 rings (SSSR count). The highest BCUT2D eigenvalue weighted by Gasteiger charge is 2.08. The van der Waals surface area contributed by atoms with Crippen molar-refractivity contribution in [3.05, 3.63) is 12.2 Å². The topological polar surface area (TPSA) is 61.1 Å². The summed E-state index contributed by atoms with van der Waals surface area (Å²) in [6.45, 7) is 25.0. The first-order valence-corrected chi connectivity index (χ1v) is 11.6. The smallest absolute Gasteiger partial charge is 0.327 e. The van der Waals surface area contributed by atoms with E-state index in [1.54, 1.807) is 6.08 Å². The third-order valence-corrected chi connectivity index (χ3v) is 3.87.